The van der Waals surface area contributed by atoms with Crippen LogP contribution in [0.1, 0.15) is 57.0 Å². The van der Waals surface area contributed by atoms with Gasteiger partial charge < -0.3 is 16.4 Å². The number of thiophene rings is 1. The summed E-state index contributed by atoms with van der Waals surface area (Å²) in [5.41, 5.74) is 6.55. The monoisotopic (exact) mass is 481 g/mol. The second-order valence-electron chi connectivity index (χ2n) is 8.17. The number of nitrogens with two attached hydrogens (primary N) is 1. The fourth-order valence-corrected chi connectivity index (χ4v) is 5.55. The standard InChI is InChI=1S/C22H26F3N5O2S/c23-22(24,25)19-13-6-1-3-8-15(13)30(29-19)12-17(31)28-21-18(20(32)27-11-5-10-26)14-7-2-4-9-16(14)33-21/h2,4H,1,3,5-12,26H2,(H,27,32)(H,28,31). The first-order chi connectivity index (χ1) is 15.8. The lowest BCUT2D eigenvalue weighted by Gasteiger charge is -2.15. The molecule has 0 unspecified atom stereocenters. The van der Waals surface area contributed by atoms with E-state index in [4.69, 9.17) is 5.73 Å². The zero-order valence-corrected chi connectivity index (χ0v) is 18.9. The molecule has 0 saturated heterocycles. The molecule has 2 aromatic rings. The second kappa shape index (κ2) is 9.68. The summed E-state index contributed by atoms with van der Waals surface area (Å²) in [6.07, 6.45) is 3.51. The minimum Gasteiger partial charge on any atom is -0.352 e. The Morgan fingerprint density at radius 3 is 2.67 bits per heavy atom. The fourth-order valence-electron chi connectivity index (χ4n) is 4.34. The minimum absolute atomic E-state index is 0.194. The van der Waals surface area contributed by atoms with Crippen molar-refractivity contribution in [3.63, 3.8) is 0 Å². The number of aromatic nitrogens is 2. The van der Waals surface area contributed by atoms with Gasteiger partial charge in [0.15, 0.2) is 5.69 Å². The smallest absolute Gasteiger partial charge is 0.352 e. The highest BCUT2D eigenvalue weighted by atomic mass is 32.1. The van der Waals surface area contributed by atoms with Crippen molar-refractivity contribution in [3.05, 3.63) is 45.1 Å². The topological polar surface area (TPSA) is 102 Å². The first-order valence-electron chi connectivity index (χ1n) is 11.0. The zero-order valence-electron chi connectivity index (χ0n) is 18.1. The molecule has 0 atom stereocenters. The van der Waals surface area contributed by atoms with Crippen molar-refractivity contribution in [2.24, 2.45) is 5.73 Å². The van der Waals surface area contributed by atoms with Crippen molar-refractivity contribution < 1.29 is 22.8 Å². The molecular weight excluding hydrogens is 455 g/mol. The normalized spacial score (nSPS) is 15.2. The van der Waals surface area contributed by atoms with Gasteiger partial charge in [-0.3, -0.25) is 14.3 Å². The highest BCUT2D eigenvalue weighted by Crippen LogP contribution is 2.37. The third-order valence-electron chi connectivity index (χ3n) is 5.85. The molecule has 2 aromatic heterocycles. The van der Waals surface area contributed by atoms with Gasteiger partial charge in [-0.25, -0.2) is 0 Å². The number of nitrogens with zero attached hydrogens (tertiary/aromatic N) is 2. The van der Waals surface area contributed by atoms with E-state index in [1.54, 1.807) is 0 Å². The number of anilines is 1. The maximum Gasteiger partial charge on any atom is 0.435 e. The van der Waals surface area contributed by atoms with Gasteiger partial charge in [0.1, 0.15) is 11.5 Å². The van der Waals surface area contributed by atoms with Gasteiger partial charge in [0, 0.05) is 29.1 Å². The molecule has 0 fully saturated rings. The molecule has 7 nitrogen and oxygen atoms in total. The minimum atomic E-state index is -4.56. The molecule has 4 N–H and O–H groups in total. The summed E-state index contributed by atoms with van der Waals surface area (Å²) >= 11 is 1.33. The van der Waals surface area contributed by atoms with E-state index in [0.717, 1.165) is 16.9 Å². The van der Waals surface area contributed by atoms with Crippen molar-refractivity contribution >= 4 is 28.2 Å². The number of amides is 2. The summed E-state index contributed by atoms with van der Waals surface area (Å²) < 4.78 is 41.5. The summed E-state index contributed by atoms with van der Waals surface area (Å²) in [7, 11) is 0. The number of carbonyl (C=O) groups excluding carboxylic acids is 2. The predicted molar refractivity (Wildman–Crippen MR) is 119 cm³/mol. The number of allylic oxidation sites excluding steroid dienone is 2. The molecular formula is C22H26F3N5O2S. The number of carbonyl (C=O) groups is 2. The van der Waals surface area contributed by atoms with Crippen LogP contribution in [0.25, 0.3) is 0 Å². The van der Waals surface area contributed by atoms with Gasteiger partial charge in [-0.05, 0) is 50.6 Å². The van der Waals surface area contributed by atoms with Gasteiger partial charge in [-0.15, -0.1) is 11.3 Å². The van der Waals surface area contributed by atoms with Gasteiger partial charge in [-0.2, -0.15) is 18.3 Å². The van der Waals surface area contributed by atoms with Gasteiger partial charge in [0.2, 0.25) is 5.91 Å². The molecule has 0 radical (unpaired) electrons. The first kappa shape index (κ1) is 23.5. The molecule has 0 bridgehead atoms. The van der Waals surface area contributed by atoms with Crippen molar-refractivity contribution in [1.82, 2.24) is 15.1 Å². The van der Waals surface area contributed by atoms with E-state index in [1.165, 1.54) is 16.0 Å². The van der Waals surface area contributed by atoms with Crippen LogP contribution in [0.3, 0.4) is 0 Å². The lowest BCUT2D eigenvalue weighted by Crippen LogP contribution is -2.28. The van der Waals surface area contributed by atoms with Gasteiger partial charge in [0.25, 0.3) is 5.91 Å². The van der Waals surface area contributed by atoms with Crippen LogP contribution in [0.15, 0.2) is 12.2 Å². The number of hydrogen-bond donors (Lipinski definition) is 3. The Bertz CT molecular complexity index is 1090. The summed E-state index contributed by atoms with van der Waals surface area (Å²) in [6, 6.07) is 0. The Morgan fingerprint density at radius 1 is 1.15 bits per heavy atom. The maximum atomic E-state index is 13.4. The number of alkyl halides is 3. The van der Waals surface area contributed by atoms with E-state index in [2.05, 4.69) is 15.7 Å². The van der Waals surface area contributed by atoms with Crippen molar-refractivity contribution in [2.45, 2.75) is 57.7 Å². The number of halogens is 3. The molecule has 2 aliphatic carbocycles. The molecule has 33 heavy (non-hydrogen) atoms. The van der Waals surface area contributed by atoms with Crippen molar-refractivity contribution in [2.75, 3.05) is 18.4 Å². The average Bonchev–Trinajstić information content (AvgIpc) is 3.32. The molecule has 0 saturated carbocycles. The van der Waals surface area contributed by atoms with E-state index in [1.807, 2.05) is 12.2 Å². The first-order valence-corrected chi connectivity index (χ1v) is 11.8. The number of fused-ring (bicyclic) bond motifs is 2. The van der Waals surface area contributed by atoms with Crippen LogP contribution in [0, 0.1) is 0 Å². The Morgan fingerprint density at radius 2 is 1.91 bits per heavy atom. The van der Waals surface area contributed by atoms with Crippen LogP contribution in [-0.4, -0.2) is 34.7 Å². The Balaban J connectivity index is 1.57. The molecule has 11 heteroatoms. The molecule has 0 spiro atoms. The maximum absolute atomic E-state index is 13.4. The third kappa shape index (κ3) is 4.98. The van der Waals surface area contributed by atoms with Crippen LogP contribution in [0.2, 0.25) is 0 Å². The quantitative estimate of drug-likeness (QED) is 0.418. The van der Waals surface area contributed by atoms with E-state index < -0.39 is 17.8 Å². The molecule has 178 valence electrons. The Kier molecular flexibility index (Phi) is 6.89. The fraction of sp³-hybridized carbons (Fsp3) is 0.500. The van der Waals surface area contributed by atoms with E-state index >= 15 is 0 Å². The highest BCUT2D eigenvalue weighted by molar-refractivity contribution is 7.17. The van der Waals surface area contributed by atoms with E-state index in [9.17, 15) is 22.8 Å². The molecule has 2 amide bonds. The number of nitrogens with one attached hydrogen (secondary N) is 2. The molecule has 2 heterocycles. The predicted octanol–water partition coefficient (Wildman–Crippen LogP) is 3.21. The van der Waals surface area contributed by atoms with Gasteiger partial charge in [-0.1, -0.05) is 12.2 Å². The van der Waals surface area contributed by atoms with Crippen LogP contribution in [0.5, 0.6) is 0 Å². The summed E-state index contributed by atoms with van der Waals surface area (Å²) in [5, 5.41) is 9.76. The van der Waals surface area contributed by atoms with Crippen LogP contribution in [-0.2, 0) is 43.2 Å². The average molecular weight is 482 g/mol. The van der Waals surface area contributed by atoms with Gasteiger partial charge in [0.05, 0.1) is 5.56 Å². The molecule has 0 aliphatic heterocycles. The zero-order chi connectivity index (χ0) is 23.6. The number of rotatable bonds is 7. The molecule has 4 rings (SSSR count). The van der Waals surface area contributed by atoms with Crippen molar-refractivity contribution in [3.8, 4) is 0 Å². The van der Waals surface area contributed by atoms with Crippen LogP contribution < -0.4 is 16.4 Å². The highest BCUT2D eigenvalue weighted by Gasteiger charge is 2.39. The van der Waals surface area contributed by atoms with E-state index in [-0.39, 0.29) is 18.0 Å². The van der Waals surface area contributed by atoms with Crippen LogP contribution in [0.4, 0.5) is 18.2 Å². The lowest BCUT2D eigenvalue weighted by molar-refractivity contribution is -0.142. The molecule has 0 aromatic carbocycles. The summed E-state index contributed by atoms with van der Waals surface area (Å²) in [6.45, 7) is 0.527. The largest absolute Gasteiger partial charge is 0.435 e. The van der Waals surface area contributed by atoms with Gasteiger partial charge >= 0.3 is 6.18 Å². The Hall–Kier alpha value is -2.66. The second-order valence-corrected chi connectivity index (χ2v) is 9.28. The SMILES string of the molecule is NCCCNC(=O)c1c(NC(=O)Cn2nc(C(F)(F)F)c3c2CCCC3)sc2c1CC=CC2. The Labute approximate surface area is 193 Å². The van der Waals surface area contributed by atoms with E-state index in [0.29, 0.717) is 67.9 Å². The van der Waals surface area contributed by atoms with Crippen LogP contribution >= 0.6 is 11.3 Å². The van der Waals surface area contributed by atoms with Crippen molar-refractivity contribution in [1.29, 1.82) is 0 Å². The third-order valence-corrected chi connectivity index (χ3v) is 7.02. The molecule has 2 aliphatic rings. The summed E-state index contributed by atoms with van der Waals surface area (Å²) in [4.78, 5) is 26.7. The number of hydrogen-bond acceptors (Lipinski definition) is 5. The lowest BCUT2D eigenvalue weighted by atomic mass is 9.95. The summed E-state index contributed by atoms with van der Waals surface area (Å²) in [5.74, 6) is -0.801.